The van der Waals surface area contributed by atoms with Crippen LogP contribution in [0.1, 0.15) is 11.3 Å². The van der Waals surface area contributed by atoms with Crippen LogP contribution in [0.2, 0.25) is 0 Å². The summed E-state index contributed by atoms with van der Waals surface area (Å²) in [5.41, 5.74) is -2.04. The number of nitrogens with one attached hydrogen (secondary N) is 2. The van der Waals surface area contributed by atoms with Crippen LogP contribution in [0.4, 0.5) is 5.69 Å². The molecule has 0 spiro atoms. The van der Waals surface area contributed by atoms with E-state index in [2.05, 4.69) is 4.98 Å². The maximum absolute atomic E-state index is 11.4. The maximum Gasteiger partial charge on any atom is 0.357 e. The minimum atomic E-state index is -1.05. The first kappa shape index (κ1) is 14.3. The van der Waals surface area contributed by atoms with E-state index in [4.69, 9.17) is 4.74 Å². The summed E-state index contributed by atoms with van der Waals surface area (Å²) in [6.07, 6.45) is 2.82. The standard InChI is InChI=1S/C13H11N3O5/c1-21-9-4-2-3-8(7-9)5-6-10-11(16(19)20)12(17)15-13(18)14-10/h2-7H,1H3,(H2,14,15,17,18). The monoisotopic (exact) mass is 289 g/mol. The molecule has 8 nitrogen and oxygen atoms in total. The van der Waals surface area contributed by atoms with Crippen molar-refractivity contribution in [3.63, 3.8) is 0 Å². The lowest BCUT2D eigenvalue weighted by atomic mass is 10.2. The zero-order valence-electron chi connectivity index (χ0n) is 11.0. The van der Waals surface area contributed by atoms with Gasteiger partial charge in [-0.15, -0.1) is 0 Å². The maximum atomic E-state index is 11.4. The molecule has 0 aliphatic carbocycles. The molecule has 2 aromatic rings. The fourth-order valence-corrected chi connectivity index (χ4v) is 1.72. The van der Waals surface area contributed by atoms with Gasteiger partial charge in [-0.05, 0) is 23.8 Å². The molecular weight excluding hydrogens is 278 g/mol. The van der Waals surface area contributed by atoms with Crippen LogP contribution in [-0.2, 0) is 0 Å². The quantitative estimate of drug-likeness (QED) is 0.646. The summed E-state index contributed by atoms with van der Waals surface area (Å²) < 4.78 is 5.05. The Morgan fingerprint density at radius 2 is 2.00 bits per heavy atom. The number of nitro groups is 1. The summed E-state index contributed by atoms with van der Waals surface area (Å²) in [6.45, 7) is 0. The third-order valence-corrected chi connectivity index (χ3v) is 2.66. The number of ether oxygens (including phenoxy) is 1. The molecule has 2 rings (SSSR count). The van der Waals surface area contributed by atoms with Crippen LogP contribution in [0.25, 0.3) is 12.2 Å². The van der Waals surface area contributed by atoms with Gasteiger partial charge in [0, 0.05) is 0 Å². The van der Waals surface area contributed by atoms with E-state index in [0.717, 1.165) is 0 Å². The Balaban J connectivity index is 2.47. The van der Waals surface area contributed by atoms with Gasteiger partial charge in [0.15, 0.2) is 0 Å². The summed E-state index contributed by atoms with van der Waals surface area (Å²) >= 11 is 0. The third kappa shape index (κ3) is 3.24. The van der Waals surface area contributed by atoms with Crippen LogP contribution in [-0.4, -0.2) is 22.0 Å². The zero-order valence-corrected chi connectivity index (χ0v) is 11.0. The summed E-state index contributed by atoms with van der Waals surface area (Å²) in [4.78, 5) is 36.7. The number of rotatable bonds is 4. The Morgan fingerprint density at radius 3 is 2.67 bits per heavy atom. The van der Waals surface area contributed by atoms with E-state index in [1.165, 1.54) is 19.3 Å². The zero-order chi connectivity index (χ0) is 15.4. The molecule has 2 N–H and O–H groups in total. The van der Waals surface area contributed by atoms with Crippen molar-refractivity contribution >= 4 is 17.8 Å². The van der Waals surface area contributed by atoms with Gasteiger partial charge in [0.25, 0.3) is 0 Å². The first-order valence-corrected chi connectivity index (χ1v) is 5.84. The SMILES string of the molecule is COc1cccc(C=Cc2[nH]c(=O)[nH]c(=O)c2[N+](=O)[O-])c1. The number of methoxy groups -OCH3 is 1. The molecule has 0 amide bonds. The summed E-state index contributed by atoms with van der Waals surface area (Å²) in [5, 5.41) is 10.9. The van der Waals surface area contributed by atoms with Crippen LogP contribution < -0.4 is 16.0 Å². The van der Waals surface area contributed by atoms with E-state index in [1.54, 1.807) is 24.3 Å². The molecule has 1 heterocycles. The number of nitrogens with zero attached hydrogens (tertiary/aromatic N) is 1. The molecule has 0 saturated heterocycles. The first-order chi connectivity index (χ1) is 10.0. The lowest BCUT2D eigenvalue weighted by Crippen LogP contribution is -2.25. The Labute approximate surface area is 117 Å². The van der Waals surface area contributed by atoms with Gasteiger partial charge in [-0.25, -0.2) is 4.79 Å². The average Bonchev–Trinajstić information content (AvgIpc) is 2.44. The van der Waals surface area contributed by atoms with Gasteiger partial charge in [0.05, 0.1) is 12.0 Å². The fourth-order valence-electron chi connectivity index (χ4n) is 1.72. The average molecular weight is 289 g/mol. The highest BCUT2D eigenvalue weighted by Gasteiger charge is 2.18. The van der Waals surface area contributed by atoms with E-state index in [-0.39, 0.29) is 5.69 Å². The molecule has 1 aromatic carbocycles. The number of aromatic amines is 2. The lowest BCUT2D eigenvalue weighted by molar-refractivity contribution is -0.386. The molecule has 108 valence electrons. The second-order valence-electron chi connectivity index (χ2n) is 4.04. The van der Waals surface area contributed by atoms with Gasteiger partial charge in [-0.1, -0.05) is 18.2 Å². The van der Waals surface area contributed by atoms with E-state index in [0.29, 0.717) is 11.3 Å². The summed E-state index contributed by atoms with van der Waals surface area (Å²) in [7, 11) is 1.52. The van der Waals surface area contributed by atoms with Crippen LogP contribution >= 0.6 is 0 Å². The fraction of sp³-hybridized carbons (Fsp3) is 0.0769. The van der Waals surface area contributed by atoms with E-state index < -0.39 is 21.9 Å². The third-order valence-electron chi connectivity index (χ3n) is 2.66. The van der Waals surface area contributed by atoms with Gasteiger partial charge in [0.1, 0.15) is 11.4 Å². The van der Waals surface area contributed by atoms with Crippen molar-refractivity contribution in [2.24, 2.45) is 0 Å². The van der Waals surface area contributed by atoms with Crippen LogP contribution in [0.15, 0.2) is 33.9 Å². The second kappa shape index (κ2) is 5.87. The summed E-state index contributed by atoms with van der Waals surface area (Å²) in [6, 6.07) is 6.94. The minimum Gasteiger partial charge on any atom is -0.497 e. The van der Waals surface area contributed by atoms with Crippen molar-refractivity contribution in [1.29, 1.82) is 0 Å². The lowest BCUT2D eigenvalue weighted by Gasteiger charge is -2.00. The number of hydrogen-bond acceptors (Lipinski definition) is 5. The van der Waals surface area contributed by atoms with Crippen molar-refractivity contribution in [3.05, 3.63) is 66.5 Å². The number of aromatic nitrogens is 2. The number of H-pyrrole nitrogens is 2. The van der Waals surface area contributed by atoms with Gasteiger partial charge >= 0.3 is 16.9 Å². The van der Waals surface area contributed by atoms with Crippen LogP contribution in [0.3, 0.4) is 0 Å². The van der Waals surface area contributed by atoms with Crippen molar-refractivity contribution in [2.75, 3.05) is 7.11 Å². The molecule has 0 unspecified atom stereocenters. The highest BCUT2D eigenvalue weighted by molar-refractivity contribution is 5.72. The van der Waals surface area contributed by atoms with E-state index in [1.807, 2.05) is 4.98 Å². The van der Waals surface area contributed by atoms with Crippen molar-refractivity contribution in [2.45, 2.75) is 0 Å². The minimum absolute atomic E-state index is 0.170. The molecule has 8 heteroatoms. The molecule has 21 heavy (non-hydrogen) atoms. The molecule has 0 bridgehead atoms. The molecule has 0 radical (unpaired) electrons. The highest BCUT2D eigenvalue weighted by Crippen LogP contribution is 2.16. The number of benzene rings is 1. The van der Waals surface area contributed by atoms with E-state index >= 15 is 0 Å². The molecule has 0 aliphatic heterocycles. The molecule has 0 fully saturated rings. The predicted octanol–water partition coefficient (Wildman–Crippen LogP) is 1.15. The van der Waals surface area contributed by atoms with Crippen molar-refractivity contribution < 1.29 is 9.66 Å². The van der Waals surface area contributed by atoms with Crippen molar-refractivity contribution in [3.8, 4) is 5.75 Å². The molecule has 0 aliphatic rings. The molecular formula is C13H11N3O5. The Bertz CT molecular complexity index is 819. The molecule has 0 saturated carbocycles. The molecule has 1 aromatic heterocycles. The van der Waals surface area contributed by atoms with Gasteiger partial charge in [-0.3, -0.25) is 19.9 Å². The van der Waals surface area contributed by atoms with Gasteiger partial charge in [0.2, 0.25) is 0 Å². The second-order valence-corrected chi connectivity index (χ2v) is 4.04. The van der Waals surface area contributed by atoms with E-state index in [9.17, 15) is 19.7 Å². The van der Waals surface area contributed by atoms with Crippen LogP contribution in [0.5, 0.6) is 5.75 Å². The Hall–Kier alpha value is -3.16. The first-order valence-electron chi connectivity index (χ1n) is 5.84. The topological polar surface area (TPSA) is 118 Å². The number of hydrogen-bond donors (Lipinski definition) is 2. The molecule has 0 atom stereocenters. The Kier molecular flexibility index (Phi) is 3.98. The predicted molar refractivity (Wildman–Crippen MR) is 76.3 cm³/mol. The smallest absolute Gasteiger partial charge is 0.357 e. The largest absolute Gasteiger partial charge is 0.497 e. The van der Waals surface area contributed by atoms with Crippen LogP contribution in [0, 0.1) is 10.1 Å². The highest BCUT2D eigenvalue weighted by atomic mass is 16.6. The normalized spacial score (nSPS) is 10.7. The van der Waals surface area contributed by atoms with Gasteiger partial charge in [-0.2, -0.15) is 0 Å². The van der Waals surface area contributed by atoms with Crippen molar-refractivity contribution in [1.82, 2.24) is 9.97 Å². The Morgan fingerprint density at radius 1 is 1.24 bits per heavy atom. The van der Waals surface area contributed by atoms with Gasteiger partial charge < -0.3 is 9.72 Å². The summed E-state index contributed by atoms with van der Waals surface area (Å²) in [5.74, 6) is 0.617.